The minimum atomic E-state index is -6.01. The van der Waals surface area contributed by atoms with Crippen LogP contribution in [0.5, 0.6) is 0 Å². The SMILES string of the molecule is Cc1ccc(C(O)(C(F)(F)F)C(F)(F)F)cc1F. The van der Waals surface area contributed by atoms with E-state index in [9.17, 15) is 30.7 Å². The highest BCUT2D eigenvalue weighted by Crippen LogP contribution is 2.50. The van der Waals surface area contributed by atoms with Gasteiger partial charge in [-0.2, -0.15) is 26.3 Å². The van der Waals surface area contributed by atoms with Crippen molar-refractivity contribution in [2.45, 2.75) is 24.9 Å². The molecule has 1 rings (SSSR count). The minimum Gasteiger partial charge on any atom is -0.369 e. The lowest BCUT2D eigenvalue weighted by molar-refractivity contribution is -0.376. The fraction of sp³-hybridized carbons (Fsp3) is 0.400. The Kier molecular flexibility index (Phi) is 3.37. The van der Waals surface area contributed by atoms with Crippen LogP contribution in [0.4, 0.5) is 30.7 Å². The van der Waals surface area contributed by atoms with Crippen molar-refractivity contribution in [1.29, 1.82) is 0 Å². The molecule has 1 aromatic rings. The van der Waals surface area contributed by atoms with E-state index in [4.69, 9.17) is 5.11 Å². The largest absolute Gasteiger partial charge is 0.430 e. The van der Waals surface area contributed by atoms with Crippen LogP contribution < -0.4 is 0 Å². The monoisotopic (exact) mass is 276 g/mol. The topological polar surface area (TPSA) is 20.2 Å². The molecular formula is C10H7F7O. The molecule has 0 fully saturated rings. The highest BCUT2D eigenvalue weighted by Gasteiger charge is 2.71. The summed E-state index contributed by atoms with van der Waals surface area (Å²) in [7, 11) is 0. The van der Waals surface area contributed by atoms with Crippen molar-refractivity contribution in [2.75, 3.05) is 0 Å². The molecule has 0 amide bonds. The first-order chi connectivity index (χ1) is 7.91. The summed E-state index contributed by atoms with van der Waals surface area (Å²) >= 11 is 0. The van der Waals surface area contributed by atoms with Crippen molar-refractivity contribution in [1.82, 2.24) is 0 Å². The van der Waals surface area contributed by atoms with Gasteiger partial charge in [-0.05, 0) is 18.6 Å². The molecule has 1 aromatic carbocycles. The second-order valence-electron chi connectivity index (χ2n) is 3.67. The van der Waals surface area contributed by atoms with E-state index in [2.05, 4.69) is 0 Å². The Morgan fingerprint density at radius 2 is 1.39 bits per heavy atom. The molecule has 0 unspecified atom stereocenters. The zero-order valence-electron chi connectivity index (χ0n) is 8.83. The number of hydrogen-bond donors (Lipinski definition) is 1. The van der Waals surface area contributed by atoms with Crippen LogP contribution in [-0.2, 0) is 5.60 Å². The summed E-state index contributed by atoms with van der Waals surface area (Å²) in [5.41, 5.74) is -6.83. The highest BCUT2D eigenvalue weighted by atomic mass is 19.4. The van der Waals surface area contributed by atoms with Crippen molar-refractivity contribution >= 4 is 0 Å². The van der Waals surface area contributed by atoms with Crippen molar-refractivity contribution in [3.05, 3.63) is 35.1 Å². The second-order valence-corrected chi connectivity index (χ2v) is 3.67. The minimum absolute atomic E-state index is 0.0241. The third-order valence-electron chi connectivity index (χ3n) is 2.41. The van der Waals surface area contributed by atoms with Gasteiger partial charge in [0.05, 0.1) is 0 Å². The lowest BCUT2D eigenvalue weighted by Crippen LogP contribution is -2.54. The van der Waals surface area contributed by atoms with Gasteiger partial charge < -0.3 is 5.11 Å². The van der Waals surface area contributed by atoms with Crippen LogP contribution in [0.15, 0.2) is 18.2 Å². The van der Waals surface area contributed by atoms with Crippen LogP contribution in [0.2, 0.25) is 0 Å². The summed E-state index contributed by atoms with van der Waals surface area (Å²) in [6.45, 7) is 1.17. The molecular weight excluding hydrogens is 269 g/mol. The molecule has 18 heavy (non-hydrogen) atoms. The van der Waals surface area contributed by atoms with E-state index in [1.807, 2.05) is 0 Å². The van der Waals surface area contributed by atoms with Crippen molar-refractivity contribution in [3.8, 4) is 0 Å². The lowest BCUT2D eigenvalue weighted by atomic mass is 9.91. The molecule has 0 saturated carbocycles. The maximum Gasteiger partial charge on any atom is 0.430 e. The standard InChI is InChI=1S/C10H7F7O/c1-5-2-3-6(4-7(5)11)8(18,9(12,13)14)10(15,16)17/h2-4,18H,1H3. The number of alkyl halides is 6. The summed E-state index contributed by atoms with van der Waals surface area (Å²) in [5.74, 6) is -1.26. The maximum absolute atomic E-state index is 13.0. The van der Waals surface area contributed by atoms with Gasteiger partial charge in [0.1, 0.15) is 5.82 Å². The Hall–Kier alpha value is -1.31. The molecule has 0 bridgehead atoms. The molecule has 102 valence electrons. The normalized spacial score (nSPS) is 13.8. The third-order valence-corrected chi connectivity index (χ3v) is 2.41. The smallest absolute Gasteiger partial charge is 0.369 e. The first-order valence-corrected chi connectivity index (χ1v) is 4.53. The highest BCUT2D eigenvalue weighted by molar-refractivity contribution is 5.30. The lowest BCUT2D eigenvalue weighted by Gasteiger charge is -2.32. The molecule has 0 spiro atoms. The molecule has 1 N–H and O–H groups in total. The van der Waals surface area contributed by atoms with Gasteiger partial charge in [-0.3, -0.25) is 0 Å². The molecule has 0 saturated heterocycles. The third kappa shape index (κ3) is 2.16. The molecule has 0 aliphatic carbocycles. The van der Waals surface area contributed by atoms with Crippen molar-refractivity contribution < 1.29 is 35.8 Å². The number of hydrogen-bond acceptors (Lipinski definition) is 1. The average molecular weight is 276 g/mol. The fourth-order valence-electron chi connectivity index (χ4n) is 1.31. The van der Waals surface area contributed by atoms with Gasteiger partial charge in [0.25, 0.3) is 5.60 Å². The number of benzene rings is 1. The Labute approximate surface area is 96.8 Å². The quantitative estimate of drug-likeness (QED) is 0.779. The van der Waals surface area contributed by atoms with Crippen molar-refractivity contribution in [3.63, 3.8) is 0 Å². The molecule has 0 radical (unpaired) electrons. The summed E-state index contributed by atoms with van der Waals surface area (Å²) < 4.78 is 87.6. The molecule has 0 heterocycles. The zero-order valence-corrected chi connectivity index (χ0v) is 8.83. The van der Waals surface area contributed by atoms with Crippen LogP contribution in [0, 0.1) is 12.7 Å². The maximum atomic E-state index is 13.0. The van der Waals surface area contributed by atoms with E-state index < -0.39 is 29.3 Å². The van der Waals surface area contributed by atoms with Gasteiger partial charge in [-0.15, -0.1) is 0 Å². The van der Waals surface area contributed by atoms with E-state index in [1.165, 1.54) is 6.92 Å². The van der Waals surface area contributed by atoms with Crippen LogP contribution in [0.3, 0.4) is 0 Å². The number of rotatable bonds is 1. The Balaban J connectivity index is 3.51. The summed E-state index contributed by atoms with van der Waals surface area (Å²) in [5, 5.41) is 8.95. The first kappa shape index (κ1) is 14.7. The average Bonchev–Trinajstić information content (AvgIpc) is 2.17. The van der Waals surface area contributed by atoms with Gasteiger partial charge >= 0.3 is 12.4 Å². The Bertz CT molecular complexity index is 433. The number of aryl methyl sites for hydroxylation is 1. The van der Waals surface area contributed by atoms with Gasteiger partial charge in [-0.25, -0.2) is 4.39 Å². The van der Waals surface area contributed by atoms with Gasteiger partial charge in [0.2, 0.25) is 0 Å². The molecule has 0 aliphatic rings. The predicted molar refractivity (Wildman–Crippen MR) is 47.1 cm³/mol. The van der Waals surface area contributed by atoms with Crippen LogP contribution >= 0.6 is 0 Å². The molecule has 8 heteroatoms. The zero-order chi connectivity index (χ0) is 14.4. The Morgan fingerprint density at radius 3 is 1.72 bits per heavy atom. The van der Waals surface area contributed by atoms with E-state index in [0.717, 1.165) is 6.07 Å². The van der Waals surface area contributed by atoms with E-state index >= 15 is 0 Å². The molecule has 0 atom stereocenters. The first-order valence-electron chi connectivity index (χ1n) is 4.53. The molecule has 0 aromatic heterocycles. The van der Waals surface area contributed by atoms with Gasteiger partial charge in [-0.1, -0.05) is 12.1 Å². The predicted octanol–water partition coefficient (Wildman–Crippen LogP) is 3.45. The number of aliphatic hydroxyl groups is 1. The molecule has 1 nitrogen and oxygen atoms in total. The summed E-state index contributed by atoms with van der Waals surface area (Å²) in [6, 6.07) is 1.14. The van der Waals surface area contributed by atoms with Crippen molar-refractivity contribution in [2.24, 2.45) is 0 Å². The van der Waals surface area contributed by atoms with Gasteiger partial charge in [0.15, 0.2) is 0 Å². The number of halogens is 7. The Morgan fingerprint density at radius 1 is 0.944 bits per heavy atom. The van der Waals surface area contributed by atoms with E-state index in [0.29, 0.717) is 6.07 Å². The van der Waals surface area contributed by atoms with E-state index in [1.54, 1.807) is 0 Å². The van der Waals surface area contributed by atoms with Crippen LogP contribution in [0.25, 0.3) is 0 Å². The fourth-order valence-corrected chi connectivity index (χ4v) is 1.31. The summed E-state index contributed by atoms with van der Waals surface area (Å²) in [4.78, 5) is 0. The van der Waals surface area contributed by atoms with Crippen LogP contribution in [-0.4, -0.2) is 17.5 Å². The second kappa shape index (κ2) is 4.11. The summed E-state index contributed by atoms with van der Waals surface area (Å²) in [6.07, 6.45) is -12.0. The van der Waals surface area contributed by atoms with E-state index in [-0.39, 0.29) is 11.6 Å². The van der Waals surface area contributed by atoms with Gasteiger partial charge in [0, 0.05) is 5.56 Å². The van der Waals surface area contributed by atoms with Crippen LogP contribution in [0.1, 0.15) is 11.1 Å². The molecule has 0 aliphatic heterocycles.